The van der Waals surface area contributed by atoms with Gasteiger partial charge in [-0.05, 0) is 43.2 Å². The van der Waals surface area contributed by atoms with Gasteiger partial charge in [0.15, 0.2) is 5.65 Å². The first-order chi connectivity index (χ1) is 12.9. The SMILES string of the molecule is O=C(O)c1cc(-n2ncc3cccnc32)cc(S(=O)(=O)NC2CCCC2)c1. The van der Waals surface area contributed by atoms with E-state index in [9.17, 15) is 18.3 Å². The number of hydrogen-bond donors (Lipinski definition) is 2. The number of aromatic carboxylic acids is 1. The number of sulfonamides is 1. The molecule has 0 saturated heterocycles. The summed E-state index contributed by atoms with van der Waals surface area (Å²) in [5.41, 5.74) is 0.724. The van der Waals surface area contributed by atoms with E-state index in [1.54, 1.807) is 18.5 Å². The summed E-state index contributed by atoms with van der Waals surface area (Å²) in [5, 5.41) is 14.4. The minimum absolute atomic E-state index is 0.0936. The molecule has 2 N–H and O–H groups in total. The average molecular weight is 386 g/mol. The zero-order valence-electron chi connectivity index (χ0n) is 14.4. The average Bonchev–Trinajstić information content (AvgIpc) is 3.30. The van der Waals surface area contributed by atoms with E-state index < -0.39 is 16.0 Å². The first-order valence-corrected chi connectivity index (χ1v) is 10.1. The molecular weight excluding hydrogens is 368 g/mol. The van der Waals surface area contributed by atoms with Crippen LogP contribution in [0, 0.1) is 0 Å². The molecule has 0 unspecified atom stereocenters. The molecule has 0 spiro atoms. The van der Waals surface area contributed by atoms with Gasteiger partial charge in [0.1, 0.15) is 0 Å². The molecule has 0 atom stereocenters. The summed E-state index contributed by atoms with van der Waals surface area (Å²) in [7, 11) is -3.84. The van der Waals surface area contributed by atoms with E-state index in [1.165, 1.54) is 22.9 Å². The molecule has 2 heterocycles. The van der Waals surface area contributed by atoms with Crippen molar-refractivity contribution in [3.05, 3.63) is 48.3 Å². The van der Waals surface area contributed by atoms with Crippen LogP contribution in [0.3, 0.4) is 0 Å². The Morgan fingerprint density at radius 3 is 2.74 bits per heavy atom. The summed E-state index contributed by atoms with van der Waals surface area (Å²) in [4.78, 5) is 15.7. The molecule has 140 valence electrons. The molecule has 1 aromatic carbocycles. The molecule has 4 rings (SSSR count). The Hall–Kier alpha value is -2.78. The number of rotatable bonds is 5. The van der Waals surface area contributed by atoms with Crippen LogP contribution in [0.25, 0.3) is 16.7 Å². The fourth-order valence-corrected chi connectivity index (χ4v) is 4.73. The maximum absolute atomic E-state index is 12.8. The van der Waals surface area contributed by atoms with Gasteiger partial charge in [0.25, 0.3) is 0 Å². The maximum Gasteiger partial charge on any atom is 0.335 e. The van der Waals surface area contributed by atoms with Gasteiger partial charge in [0.05, 0.1) is 22.3 Å². The smallest absolute Gasteiger partial charge is 0.335 e. The number of nitrogens with one attached hydrogen (secondary N) is 1. The first kappa shape index (κ1) is 17.6. The second kappa shape index (κ2) is 6.75. The van der Waals surface area contributed by atoms with Crippen LogP contribution in [0.15, 0.2) is 47.6 Å². The van der Waals surface area contributed by atoms with Crippen molar-refractivity contribution in [2.45, 2.75) is 36.6 Å². The molecule has 1 aliphatic rings. The Morgan fingerprint density at radius 1 is 1.22 bits per heavy atom. The van der Waals surface area contributed by atoms with Crippen LogP contribution in [0.5, 0.6) is 0 Å². The third kappa shape index (κ3) is 3.43. The van der Waals surface area contributed by atoms with Gasteiger partial charge in [-0.25, -0.2) is 27.6 Å². The lowest BCUT2D eigenvalue weighted by molar-refractivity contribution is 0.0696. The number of aromatic nitrogens is 3. The van der Waals surface area contributed by atoms with Gasteiger partial charge < -0.3 is 5.11 Å². The van der Waals surface area contributed by atoms with Crippen molar-refractivity contribution in [2.24, 2.45) is 0 Å². The molecule has 27 heavy (non-hydrogen) atoms. The zero-order chi connectivity index (χ0) is 19.0. The van der Waals surface area contributed by atoms with Gasteiger partial charge in [-0.3, -0.25) is 0 Å². The predicted molar refractivity (Wildman–Crippen MR) is 98.4 cm³/mol. The first-order valence-electron chi connectivity index (χ1n) is 8.64. The van der Waals surface area contributed by atoms with E-state index in [-0.39, 0.29) is 16.5 Å². The molecule has 1 saturated carbocycles. The number of carboxylic acids is 1. The highest BCUT2D eigenvalue weighted by molar-refractivity contribution is 7.89. The van der Waals surface area contributed by atoms with Crippen molar-refractivity contribution in [2.75, 3.05) is 0 Å². The zero-order valence-corrected chi connectivity index (χ0v) is 15.2. The number of benzene rings is 1. The lowest BCUT2D eigenvalue weighted by Crippen LogP contribution is -2.32. The highest BCUT2D eigenvalue weighted by Crippen LogP contribution is 2.24. The van der Waals surface area contributed by atoms with E-state index in [2.05, 4.69) is 14.8 Å². The molecule has 1 aliphatic carbocycles. The summed E-state index contributed by atoms with van der Waals surface area (Å²) in [5.74, 6) is -1.21. The van der Waals surface area contributed by atoms with Crippen LogP contribution in [0.4, 0.5) is 0 Å². The van der Waals surface area contributed by atoms with Gasteiger partial charge in [-0.2, -0.15) is 5.10 Å². The Labute approximate surface area is 155 Å². The van der Waals surface area contributed by atoms with Crippen LogP contribution >= 0.6 is 0 Å². The van der Waals surface area contributed by atoms with Crippen LogP contribution in [-0.2, 0) is 10.0 Å². The van der Waals surface area contributed by atoms with Crippen molar-refractivity contribution >= 4 is 27.0 Å². The highest BCUT2D eigenvalue weighted by Gasteiger charge is 2.25. The third-order valence-electron chi connectivity index (χ3n) is 4.70. The van der Waals surface area contributed by atoms with Gasteiger partial charge >= 0.3 is 5.97 Å². The Bertz CT molecular complexity index is 1120. The fraction of sp³-hybridized carbons (Fsp3) is 0.278. The summed E-state index contributed by atoms with van der Waals surface area (Å²) in [6, 6.07) is 7.46. The van der Waals surface area contributed by atoms with Crippen molar-refractivity contribution in [3.8, 4) is 5.69 Å². The molecular formula is C18H18N4O4S. The summed E-state index contributed by atoms with van der Waals surface area (Å²) < 4.78 is 29.7. The third-order valence-corrected chi connectivity index (χ3v) is 6.20. The van der Waals surface area contributed by atoms with E-state index in [4.69, 9.17) is 0 Å². The van der Waals surface area contributed by atoms with Crippen LogP contribution in [0.2, 0.25) is 0 Å². The molecule has 2 aromatic heterocycles. The van der Waals surface area contributed by atoms with Crippen molar-refractivity contribution in [1.29, 1.82) is 0 Å². The predicted octanol–water partition coefficient (Wildman–Crippen LogP) is 2.34. The molecule has 0 aliphatic heterocycles. The highest BCUT2D eigenvalue weighted by atomic mass is 32.2. The van der Waals surface area contributed by atoms with Gasteiger partial charge in [-0.15, -0.1) is 0 Å². The van der Waals surface area contributed by atoms with Crippen LogP contribution in [-0.4, -0.2) is 40.3 Å². The number of carbonyl (C=O) groups is 1. The molecule has 8 nitrogen and oxygen atoms in total. The maximum atomic E-state index is 12.8. The topological polar surface area (TPSA) is 114 Å². The molecule has 0 radical (unpaired) electrons. The van der Waals surface area contributed by atoms with Crippen molar-refractivity contribution in [1.82, 2.24) is 19.5 Å². The Kier molecular flexibility index (Phi) is 4.40. The second-order valence-electron chi connectivity index (χ2n) is 6.60. The number of hydrogen-bond acceptors (Lipinski definition) is 5. The largest absolute Gasteiger partial charge is 0.478 e. The molecule has 3 aromatic rings. The second-order valence-corrected chi connectivity index (χ2v) is 8.31. The van der Waals surface area contributed by atoms with Crippen molar-refractivity contribution in [3.63, 3.8) is 0 Å². The van der Waals surface area contributed by atoms with Gasteiger partial charge in [0.2, 0.25) is 10.0 Å². The monoisotopic (exact) mass is 386 g/mol. The fourth-order valence-electron chi connectivity index (χ4n) is 3.37. The lowest BCUT2D eigenvalue weighted by atomic mass is 10.2. The molecule has 0 bridgehead atoms. The summed E-state index contributed by atoms with van der Waals surface area (Å²) >= 11 is 0. The van der Waals surface area contributed by atoms with E-state index in [0.29, 0.717) is 11.3 Å². The van der Waals surface area contributed by atoms with Crippen LogP contribution in [0.1, 0.15) is 36.0 Å². The quantitative estimate of drug-likeness (QED) is 0.696. The minimum atomic E-state index is -3.84. The van der Waals surface area contributed by atoms with Crippen LogP contribution < -0.4 is 4.72 Å². The number of carboxylic acid groups (broad SMARTS) is 1. The normalized spacial score (nSPS) is 15.4. The molecule has 1 fully saturated rings. The summed E-state index contributed by atoms with van der Waals surface area (Å²) in [6.45, 7) is 0. The van der Waals surface area contributed by atoms with Crippen molar-refractivity contribution < 1.29 is 18.3 Å². The van der Waals surface area contributed by atoms with Gasteiger partial charge in [-0.1, -0.05) is 12.8 Å². The standard InChI is InChI=1S/C18H18N4O4S/c23-18(24)13-8-15(22-17-12(11-20-22)4-3-7-19-17)10-16(9-13)27(25,26)21-14-5-1-2-6-14/h3-4,7-11,14,21H,1-2,5-6H2,(H,23,24). The number of nitrogens with zero attached hydrogens (tertiary/aromatic N) is 3. The Balaban J connectivity index is 1.82. The molecule has 9 heteroatoms. The van der Waals surface area contributed by atoms with E-state index >= 15 is 0 Å². The summed E-state index contributed by atoms with van der Waals surface area (Å²) in [6.07, 6.45) is 6.75. The lowest BCUT2D eigenvalue weighted by Gasteiger charge is -2.14. The molecule has 0 amide bonds. The van der Waals surface area contributed by atoms with E-state index in [1.807, 2.05) is 6.07 Å². The van der Waals surface area contributed by atoms with Gasteiger partial charge in [0, 0.05) is 17.6 Å². The Morgan fingerprint density at radius 2 is 2.00 bits per heavy atom. The minimum Gasteiger partial charge on any atom is -0.478 e. The van der Waals surface area contributed by atoms with E-state index in [0.717, 1.165) is 31.1 Å². The number of fused-ring (bicyclic) bond motifs is 1. The number of pyridine rings is 1.